The number of hydrogen-bond acceptors (Lipinski definition) is 3. The summed E-state index contributed by atoms with van der Waals surface area (Å²) in [4.78, 5) is 0. The number of hydrogen-bond donors (Lipinski definition) is 4. The monoisotopic (exact) mass is 158 g/mol. The molecule has 4 N–H and O–H groups in total. The number of aliphatic hydroxyl groups is 2. The highest BCUT2D eigenvalue weighted by atomic mass is 32.2. The molecule has 9 heavy (non-hydrogen) atoms. The van der Waals surface area contributed by atoms with Gasteiger partial charge in [0.2, 0.25) is 0 Å². The zero-order chi connectivity index (χ0) is 7.86. The van der Waals surface area contributed by atoms with Crippen molar-refractivity contribution in [1.82, 2.24) is 0 Å². The summed E-state index contributed by atoms with van der Waals surface area (Å²) in [5.41, 5.74) is 0. The van der Waals surface area contributed by atoms with Gasteiger partial charge >= 0.3 is 0 Å². The Kier molecular flexibility index (Phi) is 10.4. The highest BCUT2D eigenvalue weighted by Gasteiger charge is 1.83. The van der Waals surface area contributed by atoms with Crippen molar-refractivity contribution in [1.29, 1.82) is 0 Å². The first-order chi connectivity index (χ1) is 4.00. The van der Waals surface area contributed by atoms with Gasteiger partial charge in [-0.25, -0.2) is 0 Å². The van der Waals surface area contributed by atoms with Crippen LogP contribution in [0.2, 0.25) is 0 Å². The Morgan fingerprint density at radius 2 is 1.67 bits per heavy atom. The number of rotatable bonds is 1. The van der Waals surface area contributed by atoms with E-state index in [1.807, 2.05) is 0 Å². The highest BCUT2D eigenvalue weighted by Crippen LogP contribution is 1.68. The molecule has 0 aromatic heterocycles. The van der Waals surface area contributed by atoms with Crippen LogP contribution in [0.5, 0.6) is 0 Å². The molecule has 58 valence electrons. The van der Waals surface area contributed by atoms with Crippen molar-refractivity contribution < 1.29 is 23.5 Å². The minimum atomic E-state index is -2.61. The van der Waals surface area contributed by atoms with E-state index in [9.17, 15) is 0 Å². The Balaban J connectivity index is 0. The zero-order valence-electron chi connectivity index (χ0n) is 4.89. The molecular weight excluding hydrogens is 148 g/mol. The van der Waals surface area contributed by atoms with Gasteiger partial charge in [-0.15, -0.1) is 0 Å². The molecule has 5 nitrogen and oxygen atoms in total. The third-order valence-corrected chi connectivity index (χ3v) is 0.264. The minimum Gasteiger partial charge on any atom is -0.394 e. The predicted octanol–water partition coefficient (Wildman–Crippen LogP) is -0.959. The second-order valence-corrected chi connectivity index (χ2v) is 1.72. The van der Waals surface area contributed by atoms with Crippen molar-refractivity contribution in [3.63, 3.8) is 0 Å². The fourth-order valence-corrected chi connectivity index (χ4v) is 0. The summed E-state index contributed by atoms with van der Waals surface area (Å²) in [5, 5.41) is 16.0. The summed E-state index contributed by atoms with van der Waals surface area (Å²) in [7, 11) is 0. The van der Waals surface area contributed by atoms with Gasteiger partial charge in [0.1, 0.15) is 0 Å². The first-order valence-corrected chi connectivity index (χ1v) is 3.16. The lowest BCUT2D eigenvalue weighted by Gasteiger charge is -1.90. The van der Waals surface area contributed by atoms with E-state index in [0.29, 0.717) is 0 Å². The van der Waals surface area contributed by atoms with E-state index in [-0.39, 0.29) is 6.61 Å². The summed E-state index contributed by atoms with van der Waals surface area (Å²) in [6.45, 7) is 1.39. The van der Waals surface area contributed by atoms with Crippen molar-refractivity contribution in [2.45, 2.75) is 13.0 Å². The fraction of sp³-hybridized carbons (Fsp3) is 1.00. The maximum atomic E-state index is 8.67. The topological polar surface area (TPSA) is 98.0 Å². The minimum absolute atomic E-state index is 0.139. The van der Waals surface area contributed by atoms with Crippen LogP contribution in [-0.2, 0) is 11.4 Å². The van der Waals surface area contributed by atoms with Crippen molar-refractivity contribution in [2.24, 2.45) is 0 Å². The lowest BCUT2D eigenvalue weighted by molar-refractivity contribution is 0.110. The molecular formula is C3H10O5S. The average molecular weight is 158 g/mol. The van der Waals surface area contributed by atoms with Gasteiger partial charge in [-0.05, 0) is 6.92 Å². The predicted molar refractivity (Wildman–Crippen MR) is 32.2 cm³/mol. The van der Waals surface area contributed by atoms with Gasteiger partial charge in [-0.1, -0.05) is 0 Å². The maximum Gasteiger partial charge on any atom is 0.299 e. The Morgan fingerprint density at radius 1 is 1.56 bits per heavy atom. The van der Waals surface area contributed by atoms with Gasteiger partial charge < -0.3 is 10.2 Å². The molecule has 0 aromatic carbocycles. The van der Waals surface area contributed by atoms with E-state index in [0.717, 1.165) is 0 Å². The first kappa shape index (κ1) is 11.7. The molecule has 1 unspecified atom stereocenters. The molecule has 0 saturated carbocycles. The molecule has 0 heterocycles. The van der Waals surface area contributed by atoms with Crippen molar-refractivity contribution in [2.75, 3.05) is 6.61 Å². The molecule has 0 aliphatic carbocycles. The fourth-order valence-electron chi connectivity index (χ4n) is 0. The molecule has 6 heteroatoms. The van der Waals surface area contributed by atoms with Crippen LogP contribution in [0.15, 0.2) is 0 Å². The van der Waals surface area contributed by atoms with E-state index in [2.05, 4.69) is 0 Å². The lowest BCUT2D eigenvalue weighted by atomic mass is 10.5. The van der Waals surface area contributed by atoms with E-state index in [1.54, 1.807) is 0 Å². The molecule has 0 saturated heterocycles. The van der Waals surface area contributed by atoms with Crippen molar-refractivity contribution in [3.05, 3.63) is 0 Å². The zero-order valence-corrected chi connectivity index (χ0v) is 5.71. The second kappa shape index (κ2) is 7.99. The van der Waals surface area contributed by atoms with Gasteiger partial charge in [0.15, 0.2) is 0 Å². The normalized spacial score (nSPS) is 12.2. The van der Waals surface area contributed by atoms with Crippen LogP contribution in [0.25, 0.3) is 0 Å². The van der Waals surface area contributed by atoms with Crippen LogP contribution in [0.3, 0.4) is 0 Å². The van der Waals surface area contributed by atoms with Gasteiger partial charge in [-0.2, -0.15) is 4.21 Å². The molecule has 0 bridgehead atoms. The van der Waals surface area contributed by atoms with Crippen molar-refractivity contribution >= 4 is 11.4 Å². The van der Waals surface area contributed by atoms with E-state index >= 15 is 0 Å². The SMILES string of the molecule is CC(O)CO.O=S(O)O. The van der Waals surface area contributed by atoms with Crippen LogP contribution >= 0.6 is 0 Å². The van der Waals surface area contributed by atoms with E-state index in [4.69, 9.17) is 23.5 Å². The Labute approximate surface area is 55.4 Å². The van der Waals surface area contributed by atoms with Crippen LogP contribution in [0, 0.1) is 0 Å². The quantitative estimate of drug-likeness (QED) is 0.368. The van der Waals surface area contributed by atoms with Crippen LogP contribution in [0.4, 0.5) is 0 Å². The summed E-state index contributed by atoms with van der Waals surface area (Å²) < 4.78 is 22.8. The molecule has 0 spiro atoms. The summed E-state index contributed by atoms with van der Waals surface area (Å²) >= 11 is -2.61. The van der Waals surface area contributed by atoms with E-state index < -0.39 is 17.5 Å². The molecule has 0 radical (unpaired) electrons. The molecule has 0 fully saturated rings. The molecule has 0 aliphatic rings. The van der Waals surface area contributed by atoms with Crippen LogP contribution in [0.1, 0.15) is 6.92 Å². The van der Waals surface area contributed by atoms with E-state index in [1.165, 1.54) is 6.92 Å². The Bertz CT molecular complexity index is 68.6. The summed E-state index contributed by atoms with van der Waals surface area (Å²) in [6, 6.07) is 0. The maximum absolute atomic E-state index is 8.67. The Hall–Kier alpha value is -0.0100. The standard InChI is InChI=1S/C3H8O2.H2O3S/c1-3(5)2-4;1-4(2)3/h3-5H,2H2,1H3;(H2,1,2,3). The van der Waals surface area contributed by atoms with Gasteiger partial charge in [-0.3, -0.25) is 9.11 Å². The average Bonchev–Trinajstić information content (AvgIpc) is 1.65. The van der Waals surface area contributed by atoms with Crippen molar-refractivity contribution in [3.8, 4) is 0 Å². The van der Waals surface area contributed by atoms with Crippen LogP contribution < -0.4 is 0 Å². The largest absolute Gasteiger partial charge is 0.394 e. The molecule has 0 aromatic rings. The summed E-state index contributed by atoms with van der Waals surface area (Å²) in [5.74, 6) is 0. The van der Waals surface area contributed by atoms with Crippen LogP contribution in [-0.4, -0.2) is 36.2 Å². The second-order valence-electron chi connectivity index (χ2n) is 1.26. The van der Waals surface area contributed by atoms with Gasteiger partial charge in [0, 0.05) is 0 Å². The Morgan fingerprint density at radius 3 is 1.67 bits per heavy atom. The third-order valence-electron chi connectivity index (χ3n) is 0.264. The molecule has 0 aliphatic heterocycles. The van der Waals surface area contributed by atoms with Gasteiger partial charge in [0.25, 0.3) is 11.4 Å². The highest BCUT2D eigenvalue weighted by molar-refractivity contribution is 7.73. The summed E-state index contributed by atoms with van der Waals surface area (Å²) in [6.07, 6.45) is -0.560. The van der Waals surface area contributed by atoms with Gasteiger partial charge in [0.05, 0.1) is 12.7 Å². The first-order valence-electron chi connectivity index (χ1n) is 2.09. The molecule has 0 amide bonds. The number of aliphatic hydroxyl groups excluding tert-OH is 2. The third kappa shape index (κ3) is 72.4. The molecule has 1 atom stereocenters. The lowest BCUT2D eigenvalue weighted by Crippen LogP contribution is -2.03. The molecule has 0 rings (SSSR count). The smallest absolute Gasteiger partial charge is 0.299 e.